The van der Waals surface area contributed by atoms with Crippen LogP contribution >= 0.6 is 11.8 Å². The van der Waals surface area contributed by atoms with Crippen molar-refractivity contribution in [3.8, 4) is 0 Å². The van der Waals surface area contributed by atoms with Crippen molar-refractivity contribution in [2.45, 2.75) is 62.6 Å². The Bertz CT molecular complexity index is 729. The molecule has 0 radical (unpaired) electrons. The summed E-state index contributed by atoms with van der Waals surface area (Å²) in [6, 6.07) is 2.21. The number of nitrogens with zero attached hydrogens (tertiary/aromatic N) is 3. The molecule has 3 fully saturated rings. The number of hydrogen-bond acceptors (Lipinski definition) is 5. The third kappa shape index (κ3) is 6.13. The molecule has 0 bridgehead atoms. The fraction of sp³-hybridized carbons (Fsp3) is 0.800. The lowest BCUT2D eigenvalue weighted by molar-refractivity contribution is -0.192. The smallest absolute Gasteiger partial charge is 0.475 e. The first-order valence-electron chi connectivity index (χ1n) is 10.3. The number of hydrogen-bond donors (Lipinski definition) is 1. The first kappa shape index (κ1) is 23.4. The molecule has 10 heteroatoms. The number of aryl methyl sites for hydroxylation is 2. The quantitative estimate of drug-likeness (QED) is 0.741. The number of halogens is 3. The summed E-state index contributed by atoms with van der Waals surface area (Å²) >= 11 is 2.16. The number of likely N-dealkylation sites (tertiary alicyclic amines) is 1. The van der Waals surface area contributed by atoms with Crippen LogP contribution in [0.4, 0.5) is 13.2 Å². The number of thioether (sulfide) groups is 1. The molecule has 6 nitrogen and oxygen atoms in total. The van der Waals surface area contributed by atoms with Crippen LogP contribution in [0.2, 0.25) is 0 Å². The number of carboxylic acids is 1. The molecule has 1 aliphatic carbocycles. The molecule has 1 aromatic heterocycles. The zero-order valence-electron chi connectivity index (χ0n) is 17.5. The first-order valence-corrected chi connectivity index (χ1v) is 11.3. The standard InChI is InChI=1S/C18H29N3OS.C2HF3O2/c1-14-7-16(20(2)19-14)9-21-12-18(13-21)8-17(11-23-18)22-10-15-5-3-4-6-15;3-2(4,5)1(6)7/h7,15,17H,3-6,8-13H2,1-2H3;(H,6,7). The summed E-state index contributed by atoms with van der Waals surface area (Å²) in [7, 11) is 2.05. The minimum absolute atomic E-state index is 0.480. The third-order valence-electron chi connectivity index (χ3n) is 5.97. The van der Waals surface area contributed by atoms with Gasteiger partial charge in [-0.15, -0.1) is 11.8 Å². The van der Waals surface area contributed by atoms with Crippen molar-refractivity contribution in [2.24, 2.45) is 13.0 Å². The van der Waals surface area contributed by atoms with E-state index in [1.807, 2.05) is 4.68 Å². The predicted octanol–water partition coefficient (Wildman–Crippen LogP) is 3.63. The molecule has 1 unspecified atom stereocenters. The second kappa shape index (κ2) is 9.48. The number of aliphatic carboxylic acids is 1. The van der Waals surface area contributed by atoms with Crippen molar-refractivity contribution >= 4 is 17.7 Å². The van der Waals surface area contributed by atoms with Crippen molar-refractivity contribution in [3.05, 3.63) is 17.5 Å². The Morgan fingerprint density at radius 2 is 2.00 bits per heavy atom. The maximum atomic E-state index is 10.6. The van der Waals surface area contributed by atoms with Gasteiger partial charge in [0.25, 0.3) is 0 Å². The van der Waals surface area contributed by atoms with Gasteiger partial charge in [-0.3, -0.25) is 9.58 Å². The van der Waals surface area contributed by atoms with Gasteiger partial charge in [-0.25, -0.2) is 4.79 Å². The molecule has 2 saturated heterocycles. The second-order valence-electron chi connectivity index (χ2n) is 8.65. The molecule has 0 amide bonds. The molecule has 30 heavy (non-hydrogen) atoms. The van der Waals surface area contributed by atoms with Crippen LogP contribution in [-0.2, 0) is 23.1 Å². The normalized spacial score (nSPS) is 24.0. The summed E-state index contributed by atoms with van der Waals surface area (Å²) in [5, 5.41) is 11.6. The zero-order chi connectivity index (χ0) is 21.9. The van der Waals surface area contributed by atoms with Gasteiger partial charge >= 0.3 is 12.1 Å². The van der Waals surface area contributed by atoms with Gasteiger partial charge in [-0.2, -0.15) is 18.3 Å². The van der Waals surface area contributed by atoms with E-state index in [9.17, 15) is 13.2 Å². The Morgan fingerprint density at radius 3 is 2.53 bits per heavy atom. The molecule has 1 spiro atoms. The minimum Gasteiger partial charge on any atom is -0.475 e. The molecule has 3 aliphatic rings. The lowest BCUT2D eigenvalue weighted by Gasteiger charge is -2.47. The van der Waals surface area contributed by atoms with Crippen LogP contribution in [0.25, 0.3) is 0 Å². The number of rotatable bonds is 5. The van der Waals surface area contributed by atoms with E-state index < -0.39 is 12.1 Å². The third-order valence-corrected chi connectivity index (χ3v) is 7.54. The molecule has 2 aliphatic heterocycles. The number of alkyl halides is 3. The largest absolute Gasteiger partial charge is 0.490 e. The molecular formula is C20H30F3N3O3S. The van der Waals surface area contributed by atoms with Gasteiger partial charge in [-0.05, 0) is 38.2 Å². The van der Waals surface area contributed by atoms with Crippen molar-refractivity contribution < 1.29 is 27.8 Å². The Morgan fingerprint density at radius 1 is 1.37 bits per heavy atom. The summed E-state index contributed by atoms with van der Waals surface area (Å²) < 4.78 is 40.5. The molecule has 170 valence electrons. The van der Waals surface area contributed by atoms with Crippen LogP contribution in [0, 0.1) is 12.8 Å². The Hall–Kier alpha value is -1.26. The topological polar surface area (TPSA) is 67.6 Å². The summed E-state index contributed by atoms with van der Waals surface area (Å²) in [4.78, 5) is 11.5. The van der Waals surface area contributed by atoms with E-state index in [0.29, 0.717) is 10.9 Å². The Kier molecular flexibility index (Phi) is 7.40. The van der Waals surface area contributed by atoms with E-state index in [0.717, 1.165) is 24.8 Å². The molecule has 4 rings (SSSR count). The van der Waals surface area contributed by atoms with E-state index in [-0.39, 0.29) is 0 Å². The van der Waals surface area contributed by atoms with Crippen molar-refractivity contribution in [2.75, 3.05) is 25.4 Å². The van der Waals surface area contributed by atoms with Crippen molar-refractivity contribution in [1.29, 1.82) is 0 Å². The average Bonchev–Trinajstić information content (AvgIpc) is 3.34. The number of ether oxygens (including phenoxy) is 1. The van der Waals surface area contributed by atoms with Gasteiger partial charge in [0.15, 0.2) is 0 Å². The van der Waals surface area contributed by atoms with E-state index in [1.165, 1.54) is 56.6 Å². The minimum atomic E-state index is -5.08. The molecule has 3 heterocycles. The van der Waals surface area contributed by atoms with Crippen molar-refractivity contribution in [3.63, 3.8) is 0 Å². The predicted molar refractivity (Wildman–Crippen MR) is 108 cm³/mol. The highest BCUT2D eigenvalue weighted by Crippen LogP contribution is 2.46. The van der Waals surface area contributed by atoms with E-state index in [4.69, 9.17) is 14.6 Å². The van der Waals surface area contributed by atoms with Crippen molar-refractivity contribution in [1.82, 2.24) is 14.7 Å². The first-order chi connectivity index (χ1) is 14.1. The lowest BCUT2D eigenvalue weighted by atomic mass is 9.92. The monoisotopic (exact) mass is 449 g/mol. The fourth-order valence-electron chi connectivity index (χ4n) is 4.50. The molecule has 1 N–H and O–H groups in total. The van der Waals surface area contributed by atoms with E-state index >= 15 is 0 Å². The number of carbonyl (C=O) groups is 1. The summed E-state index contributed by atoms with van der Waals surface area (Å²) in [6.45, 7) is 6.54. The van der Waals surface area contributed by atoms with Gasteiger partial charge in [0.1, 0.15) is 0 Å². The van der Waals surface area contributed by atoms with Crippen LogP contribution < -0.4 is 0 Å². The molecule has 1 atom stereocenters. The van der Waals surface area contributed by atoms with Gasteiger partial charge in [0.05, 0.1) is 17.5 Å². The summed E-state index contributed by atoms with van der Waals surface area (Å²) in [5.74, 6) is -0.708. The Labute approximate surface area is 179 Å². The van der Waals surface area contributed by atoms with Crippen LogP contribution in [0.3, 0.4) is 0 Å². The molecule has 1 aromatic rings. The summed E-state index contributed by atoms with van der Waals surface area (Å²) in [5.41, 5.74) is 2.45. The number of aromatic nitrogens is 2. The van der Waals surface area contributed by atoms with Crippen LogP contribution in [0.5, 0.6) is 0 Å². The van der Waals surface area contributed by atoms with E-state index in [2.05, 4.69) is 41.8 Å². The SMILES string of the molecule is Cc1cc(CN2CC3(CC(OCC4CCCC4)CS3)C2)n(C)n1.O=C(O)C(F)(F)F. The van der Waals surface area contributed by atoms with Crippen LogP contribution in [0.15, 0.2) is 6.07 Å². The van der Waals surface area contributed by atoms with Gasteiger partial charge in [-0.1, -0.05) is 12.8 Å². The van der Waals surface area contributed by atoms with Gasteiger partial charge in [0, 0.05) is 43.8 Å². The van der Waals surface area contributed by atoms with Crippen LogP contribution in [0.1, 0.15) is 43.5 Å². The second-order valence-corrected chi connectivity index (χ2v) is 10.1. The maximum Gasteiger partial charge on any atom is 0.490 e. The Balaban J connectivity index is 0.000000318. The zero-order valence-corrected chi connectivity index (χ0v) is 18.3. The molecule has 1 saturated carbocycles. The van der Waals surface area contributed by atoms with Gasteiger partial charge < -0.3 is 9.84 Å². The molecular weight excluding hydrogens is 419 g/mol. The molecule has 0 aromatic carbocycles. The van der Waals surface area contributed by atoms with Crippen LogP contribution in [-0.4, -0.2) is 68.2 Å². The maximum absolute atomic E-state index is 10.6. The highest BCUT2D eigenvalue weighted by molar-refractivity contribution is 8.01. The highest BCUT2D eigenvalue weighted by Gasteiger charge is 2.49. The highest BCUT2D eigenvalue weighted by atomic mass is 32.2. The van der Waals surface area contributed by atoms with E-state index in [1.54, 1.807) is 0 Å². The van der Waals surface area contributed by atoms with Gasteiger partial charge in [0.2, 0.25) is 0 Å². The average molecular weight is 450 g/mol. The lowest BCUT2D eigenvalue weighted by Crippen LogP contribution is -2.58. The fourth-order valence-corrected chi connectivity index (χ4v) is 6.11. The number of carboxylic acid groups (broad SMARTS) is 1. The summed E-state index contributed by atoms with van der Waals surface area (Å²) in [6.07, 6.45) is 2.29.